The molecule has 0 aliphatic rings. The second-order valence-electron chi connectivity index (χ2n) is 6.43. The van der Waals surface area contributed by atoms with Gasteiger partial charge < -0.3 is 14.6 Å². The molecule has 7 nitrogen and oxygen atoms in total. The molecule has 1 amide bonds. The summed E-state index contributed by atoms with van der Waals surface area (Å²) in [5.41, 5.74) is 3.89. The van der Waals surface area contributed by atoms with Crippen LogP contribution in [0.25, 0.3) is 0 Å². The minimum atomic E-state index is -0.358. The highest BCUT2D eigenvalue weighted by atomic mass is 16.5. The van der Waals surface area contributed by atoms with Gasteiger partial charge in [-0.3, -0.25) is 9.48 Å². The zero-order valence-electron chi connectivity index (χ0n) is 15.6. The fraction of sp³-hybridized carbons (Fsp3) is 0.316. The molecule has 0 saturated carbocycles. The summed E-state index contributed by atoms with van der Waals surface area (Å²) < 4.78 is 12.7. The van der Waals surface area contributed by atoms with E-state index in [0.717, 1.165) is 22.6 Å². The number of rotatable bonds is 5. The molecule has 0 fully saturated rings. The molecule has 0 spiro atoms. The van der Waals surface area contributed by atoms with Gasteiger partial charge >= 0.3 is 0 Å². The number of carbonyl (C=O) groups is 1. The maximum absolute atomic E-state index is 12.6. The van der Waals surface area contributed by atoms with Gasteiger partial charge in [-0.05, 0) is 51.0 Å². The molecule has 0 bridgehead atoms. The number of aromatic nitrogens is 3. The average molecular weight is 354 g/mol. The Morgan fingerprint density at radius 1 is 1.15 bits per heavy atom. The standard InChI is InChI=1S/C19H22N4O3/c1-11-6-12(2)8-15(7-11)25-10-16-14(4)26-22-18(16)19(24)20-17-9-13(3)21-23(17)5/h6-9H,10H2,1-5H3,(H,20,24). The Kier molecular flexibility index (Phi) is 4.79. The fourth-order valence-corrected chi connectivity index (χ4v) is 2.81. The van der Waals surface area contributed by atoms with Crippen LogP contribution in [0, 0.1) is 27.7 Å². The molecule has 136 valence electrons. The van der Waals surface area contributed by atoms with Crippen molar-refractivity contribution >= 4 is 11.7 Å². The lowest BCUT2D eigenvalue weighted by Gasteiger charge is -2.09. The first-order chi connectivity index (χ1) is 12.3. The smallest absolute Gasteiger partial charge is 0.279 e. The lowest BCUT2D eigenvalue weighted by Crippen LogP contribution is -2.17. The number of ether oxygens (including phenoxy) is 1. The molecule has 2 aromatic heterocycles. The number of nitrogens with zero attached hydrogens (tertiary/aromatic N) is 3. The molecule has 1 aromatic carbocycles. The third kappa shape index (κ3) is 3.77. The summed E-state index contributed by atoms with van der Waals surface area (Å²) in [5.74, 6) is 1.54. The Balaban J connectivity index is 1.77. The summed E-state index contributed by atoms with van der Waals surface area (Å²) in [4.78, 5) is 12.6. The predicted octanol–water partition coefficient (Wildman–Crippen LogP) is 3.47. The molecule has 0 aliphatic heterocycles. The molecular weight excluding hydrogens is 332 g/mol. The van der Waals surface area contributed by atoms with Crippen molar-refractivity contribution in [3.05, 3.63) is 58.1 Å². The SMILES string of the molecule is Cc1cc(C)cc(OCc2c(C(=O)Nc3cc(C)nn3C)noc2C)c1. The highest BCUT2D eigenvalue weighted by Crippen LogP contribution is 2.21. The minimum absolute atomic E-state index is 0.200. The van der Waals surface area contributed by atoms with E-state index in [0.29, 0.717) is 17.1 Å². The summed E-state index contributed by atoms with van der Waals surface area (Å²) in [6.07, 6.45) is 0. The summed E-state index contributed by atoms with van der Waals surface area (Å²) in [7, 11) is 1.76. The summed E-state index contributed by atoms with van der Waals surface area (Å²) in [6.45, 7) is 7.85. The van der Waals surface area contributed by atoms with Crippen molar-refractivity contribution < 1.29 is 14.1 Å². The van der Waals surface area contributed by atoms with E-state index in [1.54, 1.807) is 24.7 Å². The van der Waals surface area contributed by atoms with Gasteiger partial charge in [-0.25, -0.2) is 0 Å². The normalized spacial score (nSPS) is 10.8. The van der Waals surface area contributed by atoms with E-state index in [1.807, 2.05) is 32.9 Å². The monoisotopic (exact) mass is 354 g/mol. The highest BCUT2D eigenvalue weighted by molar-refractivity contribution is 6.03. The van der Waals surface area contributed by atoms with Gasteiger partial charge in [-0.1, -0.05) is 11.2 Å². The Morgan fingerprint density at radius 3 is 2.46 bits per heavy atom. The second kappa shape index (κ2) is 7.03. The number of aryl methyl sites for hydroxylation is 5. The minimum Gasteiger partial charge on any atom is -0.489 e. The van der Waals surface area contributed by atoms with E-state index < -0.39 is 0 Å². The van der Waals surface area contributed by atoms with Gasteiger partial charge in [0.2, 0.25) is 0 Å². The van der Waals surface area contributed by atoms with Crippen LogP contribution in [0.1, 0.15) is 38.6 Å². The van der Waals surface area contributed by atoms with Gasteiger partial charge in [0.1, 0.15) is 23.9 Å². The Morgan fingerprint density at radius 2 is 1.85 bits per heavy atom. The first-order valence-corrected chi connectivity index (χ1v) is 8.31. The molecule has 2 heterocycles. The zero-order chi connectivity index (χ0) is 18.8. The average Bonchev–Trinajstić information content (AvgIpc) is 3.06. The maximum atomic E-state index is 12.6. The summed E-state index contributed by atoms with van der Waals surface area (Å²) in [5, 5.41) is 10.9. The van der Waals surface area contributed by atoms with E-state index in [-0.39, 0.29) is 18.2 Å². The molecule has 0 radical (unpaired) electrons. The van der Waals surface area contributed by atoms with Crippen molar-refractivity contribution in [3.8, 4) is 5.75 Å². The van der Waals surface area contributed by atoms with Gasteiger partial charge in [0.25, 0.3) is 5.91 Å². The molecule has 1 N–H and O–H groups in total. The van der Waals surface area contributed by atoms with E-state index in [2.05, 4.69) is 21.6 Å². The lowest BCUT2D eigenvalue weighted by atomic mass is 10.1. The molecule has 3 aromatic rings. The Bertz CT molecular complexity index is 936. The number of benzene rings is 1. The van der Waals surface area contributed by atoms with Crippen LogP contribution in [0.5, 0.6) is 5.75 Å². The van der Waals surface area contributed by atoms with Crippen LogP contribution < -0.4 is 10.1 Å². The number of hydrogen-bond donors (Lipinski definition) is 1. The van der Waals surface area contributed by atoms with Crippen molar-refractivity contribution in [1.29, 1.82) is 0 Å². The van der Waals surface area contributed by atoms with E-state index in [4.69, 9.17) is 9.26 Å². The Hall–Kier alpha value is -3.09. The van der Waals surface area contributed by atoms with Crippen LogP contribution in [0.15, 0.2) is 28.8 Å². The number of hydrogen-bond acceptors (Lipinski definition) is 5. The molecule has 0 saturated heterocycles. The van der Waals surface area contributed by atoms with Crippen LogP contribution in [-0.2, 0) is 13.7 Å². The van der Waals surface area contributed by atoms with Crippen LogP contribution in [0.4, 0.5) is 5.82 Å². The van der Waals surface area contributed by atoms with Gasteiger partial charge in [0.15, 0.2) is 5.69 Å². The van der Waals surface area contributed by atoms with Crippen LogP contribution in [-0.4, -0.2) is 20.8 Å². The number of carbonyl (C=O) groups excluding carboxylic acids is 1. The molecule has 0 atom stereocenters. The number of nitrogens with one attached hydrogen (secondary N) is 1. The first kappa shape index (κ1) is 17.7. The summed E-state index contributed by atoms with van der Waals surface area (Å²) in [6, 6.07) is 7.77. The number of amides is 1. The van der Waals surface area contributed by atoms with Gasteiger partial charge in [-0.15, -0.1) is 0 Å². The highest BCUT2D eigenvalue weighted by Gasteiger charge is 2.21. The lowest BCUT2D eigenvalue weighted by molar-refractivity contribution is 0.101. The van der Waals surface area contributed by atoms with Crippen LogP contribution in [0.2, 0.25) is 0 Å². The predicted molar refractivity (Wildman–Crippen MR) is 97.4 cm³/mol. The van der Waals surface area contributed by atoms with Crippen LogP contribution in [0.3, 0.4) is 0 Å². The molecule has 0 unspecified atom stereocenters. The van der Waals surface area contributed by atoms with Crippen molar-refractivity contribution in [2.24, 2.45) is 7.05 Å². The van der Waals surface area contributed by atoms with Crippen molar-refractivity contribution in [3.63, 3.8) is 0 Å². The van der Waals surface area contributed by atoms with E-state index in [1.165, 1.54) is 0 Å². The fourth-order valence-electron chi connectivity index (χ4n) is 2.81. The topological polar surface area (TPSA) is 82.2 Å². The molecular formula is C19H22N4O3. The van der Waals surface area contributed by atoms with Gasteiger partial charge in [-0.2, -0.15) is 5.10 Å². The van der Waals surface area contributed by atoms with E-state index >= 15 is 0 Å². The van der Waals surface area contributed by atoms with Crippen molar-refractivity contribution in [2.75, 3.05) is 5.32 Å². The quantitative estimate of drug-likeness (QED) is 0.758. The van der Waals surface area contributed by atoms with Gasteiger partial charge in [0.05, 0.1) is 11.3 Å². The largest absolute Gasteiger partial charge is 0.489 e. The Labute approximate surface area is 151 Å². The number of anilines is 1. The second-order valence-corrected chi connectivity index (χ2v) is 6.43. The summed E-state index contributed by atoms with van der Waals surface area (Å²) >= 11 is 0. The first-order valence-electron chi connectivity index (χ1n) is 8.31. The third-order valence-electron chi connectivity index (χ3n) is 4.02. The zero-order valence-corrected chi connectivity index (χ0v) is 15.6. The van der Waals surface area contributed by atoms with Crippen molar-refractivity contribution in [2.45, 2.75) is 34.3 Å². The maximum Gasteiger partial charge on any atom is 0.279 e. The van der Waals surface area contributed by atoms with E-state index in [9.17, 15) is 4.79 Å². The molecule has 7 heteroatoms. The molecule has 26 heavy (non-hydrogen) atoms. The van der Waals surface area contributed by atoms with Crippen molar-refractivity contribution in [1.82, 2.24) is 14.9 Å². The van der Waals surface area contributed by atoms with Gasteiger partial charge in [0, 0.05) is 13.1 Å². The molecule has 3 rings (SSSR count). The van der Waals surface area contributed by atoms with Crippen LogP contribution >= 0.6 is 0 Å². The third-order valence-corrected chi connectivity index (χ3v) is 4.02. The molecule has 0 aliphatic carbocycles.